The zero-order valence-corrected chi connectivity index (χ0v) is 15.4. The van der Waals surface area contributed by atoms with Crippen LogP contribution in [0.4, 0.5) is 0 Å². The Hall–Kier alpha value is -2.87. The molecule has 1 aliphatic rings. The van der Waals surface area contributed by atoms with Crippen LogP contribution in [0.1, 0.15) is 34.9 Å². The minimum absolute atomic E-state index is 0.0255. The first kappa shape index (κ1) is 17.5. The van der Waals surface area contributed by atoms with Crippen molar-refractivity contribution >= 4 is 5.91 Å². The third-order valence-electron chi connectivity index (χ3n) is 5.13. The van der Waals surface area contributed by atoms with Crippen LogP contribution in [-0.2, 0) is 13.6 Å². The van der Waals surface area contributed by atoms with Gasteiger partial charge < -0.3 is 14.6 Å². The van der Waals surface area contributed by atoms with Crippen LogP contribution in [0, 0.1) is 0 Å². The highest BCUT2D eigenvalue weighted by Crippen LogP contribution is 2.27. The van der Waals surface area contributed by atoms with Crippen molar-refractivity contribution < 1.29 is 9.90 Å². The van der Waals surface area contributed by atoms with Crippen molar-refractivity contribution in [3.8, 4) is 11.4 Å². The van der Waals surface area contributed by atoms with Gasteiger partial charge in [-0.15, -0.1) is 0 Å². The number of rotatable bonds is 5. The summed E-state index contributed by atoms with van der Waals surface area (Å²) in [6.07, 6.45) is 5.80. The van der Waals surface area contributed by atoms with Crippen LogP contribution in [0.2, 0.25) is 0 Å². The number of hydrogen-bond donors (Lipinski definition) is 2. The number of piperidine rings is 1. The highest BCUT2D eigenvalue weighted by molar-refractivity contribution is 5.93. The summed E-state index contributed by atoms with van der Waals surface area (Å²) in [5.41, 5.74) is 3.23. The molecule has 3 aromatic heterocycles. The number of aryl methyl sites for hydroxylation is 1. The van der Waals surface area contributed by atoms with E-state index in [-0.39, 0.29) is 18.4 Å². The average molecular weight is 368 g/mol. The largest absolute Gasteiger partial charge is 0.394 e. The number of nitrogens with zero attached hydrogens (tertiary/aromatic N) is 5. The van der Waals surface area contributed by atoms with Crippen LogP contribution < -0.4 is 0 Å². The number of carbonyl (C=O) groups is 1. The predicted octanol–water partition coefficient (Wildman–Crippen LogP) is 1.62. The van der Waals surface area contributed by atoms with E-state index in [2.05, 4.69) is 15.3 Å². The summed E-state index contributed by atoms with van der Waals surface area (Å²) in [6.45, 7) is 1.95. The number of aliphatic hydroxyl groups is 1. The van der Waals surface area contributed by atoms with E-state index in [9.17, 15) is 4.79 Å². The smallest absolute Gasteiger partial charge is 0.271 e. The van der Waals surface area contributed by atoms with Crippen molar-refractivity contribution in [3.05, 3.63) is 48.0 Å². The van der Waals surface area contributed by atoms with Crippen LogP contribution >= 0.6 is 0 Å². The number of H-pyrrole nitrogens is 1. The van der Waals surface area contributed by atoms with Gasteiger partial charge in [0.05, 0.1) is 24.5 Å². The lowest BCUT2D eigenvalue weighted by molar-refractivity contribution is 0.0699. The normalized spacial score (nSPS) is 17.4. The van der Waals surface area contributed by atoms with Crippen molar-refractivity contribution in [2.45, 2.75) is 25.3 Å². The van der Waals surface area contributed by atoms with Crippen LogP contribution in [0.15, 0.2) is 36.7 Å². The zero-order chi connectivity index (χ0) is 18.8. The van der Waals surface area contributed by atoms with E-state index in [1.54, 1.807) is 4.68 Å². The first-order valence-electron chi connectivity index (χ1n) is 9.26. The van der Waals surface area contributed by atoms with Gasteiger partial charge in [-0.2, -0.15) is 10.2 Å². The van der Waals surface area contributed by atoms with Gasteiger partial charge in [-0.05, 0) is 37.1 Å². The summed E-state index contributed by atoms with van der Waals surface area (Å²) in [5.74, 6) is 0.195. The average Bonchev–Trinajstić information content (AvgIpc) is 3.42. The fourth-order valence-electron chi connectivity index (χ4n) is 3.69. The Morgan fingerprint density at radius 2 is 2.26 bits per heavy atom. The molecule has 8 nitrogen and oxygen atoms in total. The molecule has 1 saturated heterocycles. The molecule has 0 aromatic carbocycles. The van der Waals surface area contributed by atoms with Crippen LogP contribution in [0.3, 0.4) is 0 Å². The Labute approximate surface area is 157 Å². The summed E-state index contributed by atoms with van der Waals surface area (Å²) in [6, 6.07) is 7.73. The van der Waals surface area contributed by atoms with Gasteiger partial charge in [0, 0.05) is 38.4 Å². The lowest BCUT2D eigenvalue weighted by Crippen LogP contribution is -2.39. The van der Waals surface area contributed by atoms with E-state index >= 15 is 0 Å². The Balaban J connectivity index is 1.47. The monoisotopic (exact) mass is 368 g/mol. The second kappa shape index (κ2) is 7.40. The molecule has 0 radical (unpaired) electrons. The summed E-state index contributed by atoms with van der Waals surface area (Å²) in [4.78, 5) is 14.8. The van der Waals surface area contributed by atoms with Gasteiger partial charge in [0.2, 0.25) is 0 Å². The van der Waals surface area contributed by atoms with Crippen LogP contribution in [0.5, 0.6) is 0 Å². The number of likely N-dealkylation sites (tertiary alicyclic amines) is 1. The molecule has 0 bridgehead atoms. The van der Waals surface area contributed by atoms with Gasteiger partial charge in [0.25, 0.3) is 5.91 Å². The van der Waals surface area contributed by atoms with E-state index in [4.69, 9.17) is 5.11 Å². The number of aliphatic hydroxyl groups excluding tert-OH is 1. The number of aromatic amines is 1. The Kier molecular flexibility index (Phi) is 4.81. The van der Waals surface area contributed by atoms with Gasteiger partial charge in [0.15, 0.2) is 0 Å². The number of hydrogen-bond acceptors (Lipinski definition) is 4. The molecule has 1 atom stereocenters. The minimum atomic E-state index is -0.0255. The van der Waals surface area contributed by atoms with E-state index in [1.165, 1.54) is 0 Å². The Morgan fingerprint density at radius 1 is 1.37 bits per heavy atom. The van der Waals surface area contributed by atoms with Crippen molar-refractivity contribution in [3.63, 3.8) is 0 Å². The third-order valence-corrected chi connectivity index (χ3v) is 5.13. The van der Waals surface area contributed by atoms with Crippen LogP contribution in [-0.4, -0.2) is 60.2 Å². The summed E-state index contributed by atoms with van der Waals surface area (Å²) < 4.78 is 3.72. The molecule has 0 saturated carbocycles. The molecule has 4 rings (SSSR count). The number of aromatic nitrogens is 5. The summed E-state index contributed by atoms with van der Waals surface area (Å²) in [7, 11) is 1.96. The first-order valence-corrected chi connectivity index (χ1v) is 9.26. The van der Waals surface area contributed by atoms with Crippen molar-refractivity contribution in [1.29, 1.82) is 0 Å². The van der Waals surface area contributed by atoms with Gasteiger partial charge in [-0.25, -0.2) is 0 Å². The fourth-order valence-corrected chi connectivity index (χ4v) is 3.69. The highest BCUT2D eigenvalue weighted by atomic mass is 16.3. The quantitative estimate of drug-likeness (QED) is 0.716. The maximum atomic E-state index is 12.9. The highest BCUT2D eigenvalue weighted by Gasteiger charge is 2.28. The van der Waals surface area contributed by atoms with E-state index in [0.717, 1.165) is 36.5 Å². The molecule has 1 amide bonds. The zero-order valence-electron chi connectivity index (χ0n) is 15.4. The molecular weight excluding hydrogens is 344 g/mol. The number of carbonyl (C=O) groups excluding carboxylic acids is 1. The second-order valence-electron chi connectivity index (χ2n) is 6.99. The molecule has 8 heteroatoms. The lowest BCUT2D eigenvalue weighted by Gasteiger charge is -2.31. The first-order chi connectivity index (χ1) is 13.2. The summed E-state index contributed by atoms with van der Waals surface area (Å²) in [5, 5.41) is 20.8. The van der Waals surface area contributed by atoms with Crippen LogP contribution in [0.25, 0.3) is 11.4 Å². The third kappa shape index (κ3) is 3.52. The molecule has 3 aromatic rings. The number of nitrogens with one attached hydrogen (secondary N) is 1. The fraction of sp³-hybridized carbons (Fsp3) is 0.421. The maximum Gasteiger partial charge on any atom is 0.271 e. The molecule has 27 heavy (non-hydrogen) atoms. The molecular formula is C19H24N6O2. The van der Waals surface area contributed by atoms with Gasteiger partial charge in [0.1, 0.15) is 11.4 Å². The van der Waals surface area contributed by atoms with Crippen molar-refractivity contribution in [2.75, 3.05) is 19.7 Å². The molecule has 1 aliphatic heterocycles. The molecule has 1 fully saturated rings. The molecule has 2 N–H and O–H groups in total. The van der Waals surface area contributed by atoms with Crippen molar-refractivity contribution in [2.24, 2.45) is 7.05 Å². The molecule has 142 valence electrons. The van der Waals surface area contributed by atoms with E-state index in [1.807, 2.05) is 53.2 Å². The molecule has 0 unspecified atom stereocenters. The van der Waals surface area contributed by atoms with Gasteiger partial charge in [-0.1, -0.05) is 0 Å². The molecule has 4 heterocycles. The summed E-state index contributed by atoms with van der Waals surface area (Å²) >= 11 is 0. The SMILES string of the molecule is Cn1cccc1-c1cc(C(=O)N2CCC[C@H](c3ccn(CCO)n3)C2)[nH]n1. The minimum Gasteiger partial charge on any atom is -0.394 e. The topological polar surface area (TPSA) is 92.0 Å². The predicted molar refractivity (Wildman–Crippen MR) is 100 cm³/mol. The molecule has 0 aliphatic carbocycles. The van der Waals surface area contributed by atoms with Gasteiger partial charge >= 0.3 is 0 Å². The maximum absolute atomic E-state index is 12.9. The number of amides is 1. The molecule has 0 spiro atoms. The Morgan fingerprint density at radius 3 is 3.04 bits per heavy atom. The lowest BCUT2D eigenvalue weighted by atomic mass is 9.95. The van der Waals surface area contributed by atoms with Gasteiger partial charge in [-0.3, -0.25) is 14.6 Å². The Bertz CT molecular complexity index is 924. The second-order valence-corrected chi connectivity index (χ2v) is 6.99. The van der Waals surface area contributed by atoms with Crippen molar-refractivity contribution in [1.82, 2.24) is 29.4 Å². The standard InChI is InChI=1S/C19H24N6O2/c1-23-7-3-5-18(23)16-12-17(21-20-16)19(27)24-8-2-4-14(13-24)15-6-9-25(22-15)10-11-26/h3,5-7,9,12,14,26H,2,4,8,10-11,13H2,1H3,(H,20,21)/t14-/m0/s1. The van der Waals surface area contributed by atoms with E-state index < -0.39 is 0 Å². The van der Waals surface area contributed by atoms with E-state index in [0.29, 0.717) is 18.8 Å².